The molecular weight excluding hydrogens is 174 g/mol. The third-order valence-electron chi connectivity index (χ3n) is 2.00. The first kappa shape index (κ1) is 10.1. The zero-order valence-corrected chi connectivity index (χ0v) is 10.2. The SMILES string of the molecule is C=CN(CC[SiH3])Cc1ccccc1. The first-order valence-electron chi connectivity index (χ1n) is 4.77. The Morgan fingerprint density at radius 1 is 1.31 bits per heavy atom. The van der Waals surface area contributed by atoms with Crippen molar-refractivity contribution >= 4 is 10.2 Å². The molecule has 1 aromatic carbocycles. The van der Waals surface area contributed by atoms with Crippen LogP contribution in [0.25, 0.3) is 0 Å². The molecule has 0 unspecified atom stereocenters. The van der Waals surface area contributed by atoms with Gasteiger partial charge in [0.05, 0.1) is 0 Å². The van der Waals surface area contributed by atoms with Gasteiger partial charge >= 0.3 is 0 Å². The fraction of sp³-hybridized carbons (Fsp3) is 0.273. The van der Waals surface area contributed by atoms with Crippen LogP contribution in [-0.2, 0) is 6.54 Å². The molecule has 13 heavy (non-hydrogen) atoms. The summed E-state index contributed by atoms with van der Waals surface area (Å²) >= 11 is 0. The predicted octanol–water partition coefficient (Wildman–Crippen LogP) is 1.42. The fourth-order valence-corrected chi connectivity index (χ4v) is 1.91. The highest BCUT2D eigenvalue weighted by atomic mass is 28.1. The molecule has 0 radical (unpaired) electrons. The molecule has 0 saturated heterocycles. The summed E-state index contributed by atoms with van der Waals surface area (Å²) < 4.78 is 0. The smallest absolute Gasteiger partial charge is 0.0423 e. The molecule has 0 aliphatic carbocycles. The second-order valence-electron chi connectivity index (χ2n) is 3.14. The van der Waals surface area contributed by atoms with Gasteiger partial charge in [-0.3, -0.25) is 0 Å². The lowest BCUT2D eigenvalue weighted by molar-refractivity contribution is 0.391. The van der Waals surface area contributed by atoms with Crippen LogP contribution in [0.15, 0.2) is 43.1 Å². The van der Waals surface area contributed by atoms with Crippen LogP contribution in [-0.4, -0.2) is 21.7 Å². The van der Waals surface area contributed by atoms with E-state index in [9.17, 15) is 0 Å². The Morgan fingerprint density at radius 2 is 2.00 bits per heavy atom. The number of hydrogen-bond donors (Lipinski definition) is 0. The maximum atomic E-state index is 3.82. The maximum absolute atomic E-state index is 3.82. The molecule has 2 heteroatoms. The Hall–Kier alpha value is -1.02. The van der Waals surface area contributed by atoms with E-state index in [1.54, 1.807) is 0 Å². The highest BCUT2D eigenvalue weighted by Gasteiger charge is 1.97. The van der Waals surface area contributed by atoms with E-state index in [0.29, 0.717) is 0 Å². The van der Waals surface area contributed by atoms with E-state index in [2.05, 4.69) is 41.8 Å². The van der Waals surface area contributed by atoms with Crippen LogP contribution < -0.4 is 0 Å². The molecule has 0 amide bonds. The van der Waals surface area contributed by atoms with E-state index < -0.39 is 0 Å². The lowest BCUT2D eigenvalue weighted by Crippen LogP contribution is -2.17. The zero-order chi connectivity index (χ0) is 9.52. The van der Waals surface area contributed by atoms with Crippen molar-refractivity contribution in [1.82, 2.24) is 4.90 Å². The molecule has 0 fully saturated rings. The molecule has 0 aromatic heterocycles. The average Bonchev–Trinajstić information content (AvgIpc) is 2.19. The molecule has 0 aliphatic heterocycles. The van der Waals surface area contributed by atoms with Crippen molar-refractivity contribution in [3.8, 4) is 0 Å². The highest BCUT2D eigenvalue weighted by Crippen LogP contribution is 2.04. The normalized spacial score (nSPS) is 9.85. The number of hydrogen-bond acceptors (Lipinski definition) is 1. The van der Waals surface area contributed by atoms with Crippen LogP contribution in [0.1, 0.15) is 5.56 Å². The first-order chi connectivity index (χ1) is 6.36. The Labute approximate surface area is 83.5 Å². The van der Waals surface area contributed by atoms with Gasteiger partial charge in [0.25, 0.3) is 0 Å². The number of rotatable bonds is 5. The van der Waals surface area contributed by atoms with Gasteiger partial charge in [-0.05, 0) is 17.8 Å². The van der Waals surface area contributed by atoms with Crippen molar-refractivity contribution in [2.24, 2.45) is 0 Å². The Kier molecular flexibility index (Phi) is 4.33. The highest BCUT2D eigenvalue weighted by molar-refractivity contribution is 6.08. The van der Waals surface area contributed by atoms with Crippen molar-refractivity contribution in [2.45, 2.75) is 12.6 Å². The molecular formula is C11H17NSi. The third-order valence-corrected chi connectivity index (χ3v) is 2.44. The summed E-state index contributed by atoms with van der Waals surface area (Å²) in [6.07, 6.45) is 1.94. The molecule has 0 bridgehead atoms. The summed E-state index contributed by atoms with van der Waals surface area (Å²) in [6.45, 7) is 5.95. The van der Waals surface area contributed by atoms with Crippen molar-refractivity contribution < 1.29 is 0 Å². The van der Waals surface area contributed by atoms with Crippen LogP contribution in [0.2, 0.25) is 6.04 Å². The average molecular weight is 191 g/mol. The molecule has 0 atom stereocenters. The molecule has 0 N–H and O–H groups in total. The van der Waals surface area contributed by atoms with Gasteiger partial charge in [0.15, 0.2) is 0 Å². The minimum absolute atomic E-state index is 0.993. The van der Waals surface area contributed by atoms with Gasteiger partial charge in [0.2, 0.25) is 0 Å². The lowest BCUT2D eigenvalue weighted by Gasteiger charge is -2.18. The van der Waals surface area contributed by atoms with Gasteiger partial charge in [-0.15, -0.1) is 0 Å². The third kappa shape index (κ3) is 3.47. The van der Waals surface area contributed by atoms with Crippen LogP contribution in [0, 0.1) is 0 Å². The Balaban J connectivity index is 2.51. The van der Waals surface area contributed by atoms with Gasteiger partial charge in [-0.25, -0.2) is 0 Å². The second kappa shape index (κ2) is 5.59. The van der Waals surface area contributed by atoms with E-state index in [1.165, 1.54) is 21.9 Å². The molecule has 0 spiro atoms. The van der Waals surface area contributed by atoms with Crippen molar-refractivity contribution in [3.05, 3.63) is 48.7 Å². The number of benzene rings is 1. The van der Waals surface area contributed by atoms with Gasteiger partial charge in [0, 0.05) is 23.3 Å². The largest absolute Gasteiger partial charge is 0.374 e. The lowest BCUT2D eigenvalue weighted by atomic mass is 10.2. The Morgan fingerprint density at radius 3 is 2.54 bits per heavy atom. The summed E-state index contributed by atoms with van der Waals surface area (Å²) in [6, 6.07) is 11.8. The monoisotopic (exact) mass is 191 g/mol. The predicted molar refractivity (Wildman–Crippen MR) is 61.8 cm³/mol. The Bertz CT molecular complexity index is 246. The van der Waals surface area contributed by atoms with E-state index >= 15 is 0 Å². The fourth-order valence-electron chi connectivity index (χ4n) is 1.34. The van der Waals surface area contributed by atoms with Crippen molar-refractivity contribution in [3.63, 3.8) is 0 Å². The van der Waals surface area contributed by atoms with E-state index in [4.69, 9.17) is 0 Å². The molecule has 0 saturated carbocycles. The van der Waals surface area contributed by atoms with Crippen LogP contribution in [0.3, 0.4) is 0 Å². The van der Waals surface area contributed by atoms with Crippen LogP contribution >= 0.6 is 0 Å². The van der Waals surface area contributed by atoms with Crippen molar-refractivity contribution in [2.75, 3.05) is 6.54 Å². The molecule has 1 rings (SSSR count). The molecule has 1 aromatic rings. The van der Waals surface area contributed by atoms with Gasteiger partial charge in [-0.2, -0.15) is 0 Å². The van der Waals surface area contributed by atoms with Crippen LogP contribution in [0.4, 0.5) is 0 Å². The summed E-state index contributed by atoms with van der Waals surface area (Å²) in [5, 5.41) is 0. The van der Waals surface area contributed by atoms with Crippen LogP contribution in [0.5, 0.6) is 0 Å². The topological polar surface area (TPSA) is 3.24 Å². The second-order valence-corrected chi connectivity index (χ2v) is 4.14. The summed E-state index contributed by atoms with van der Waals surface area (Å²) in [4.78, 5) is 2.27. The quantitative estimate of drug-likeness (QED) is 0.636. The molecule has 1 nitrogen and oxygen atoms in total. The minimum atomic E-state index is 0.993. The van der Waals surface area contributed by atoms with E-state index in [1.807, 2.05) is 6.20 Å². The number of nitrogens with zero attached hydrogens (tertiary/aromatic N) is 1. The van der Waals surface area contributed by atoms with E-state index in [0.717, 1.165) is 13.1 Å². The molecule has 70 valence electrons. The standard InChI is InChI=1S/C11H17NSi/c1-2-12(8-9-13)10-11-6-4-3-5-7-11/h2-7H,1,8-10H2,13H3. The summed E-state index contributed by atoms with van der Waals surface area (Å²) in [5.41, 5.74) is 1.36. The molecule has 0 aliphatic rings. The van der Waals surface area contributed by atoms with Gasteiger partial charge in [-0.1, -0.05) is 36.9 Å². The summed E-state index contributed by atoms with van der Waals surface area (Å²) in [5.74, 6) is 0. The van der Waals surface area contributed by atoms with Gasteiger partial charge in [0.1, 0.15) is 0 Å². The first-order valence-corrected chi connectivity index (χ1v) is 6.18. The molecule has 0 heterocycles. The van der Waals surface area contributed by atoms with E-state index in [-0.39, 0.29) is 0 Å². The van der Waals surface area contributed by atoms with Gasteiger partial charge < -0.3 is 4.90 Å². The summed E-state index contributed by atoms with van der Waals surface area (Å²) in [7, 11) is 1.27. The minimum Gasteiger partial charge on any atom is -0.374 e. The van der Waals surface area contributed by atoms with Crippen molar-refractivity contribution in [1.29, 1.82) is 0 Å². The zero-order valence-electron chi connectivity index (χ0n) is 8.24. The maximum Gasteiger partial charge on any atom is 0.0423 e.